The van der Waals surface area contributed by atoms with Gasteiger partial charge in [0.05, 0.1) is 19.8 Å². The summed E-state index contributed by atoms with van der Waals surface area (Å²) in [5, 5.41) is 3.48. The summed E-state index contributed by atoms with van der Waals surface area (Å²) < 4.78 is 11.2. The maximum absolute atomic E-state index is 5.89. The Morgan fingerprint density at radius 1 is 1.20 bits per heavy atom. The van der Waals surface area contributed by atoms with Gasteiger partial charge >= 0.3 is 0 Å². The van der Waals surface area contributed by atoms with E-state index in [4.69, 9.17) is 9.47 Å². The van der Waals surface area contributed by atoms with E-state index in [9.17, 15) is 0 Å². The highest BCUT2D eigenvalue weighted by Gasteiger charge is 2.12. The lowest BCUT2D eigenvalue weighted by Crippen LogP contribution is -2.26. The molecule has 2 unspecified atom stereocenters. The standard InChI is InChI=1S/C17H29NO2/c1-5-8-14(3)12-20-13-17(18-6-2)15-9-7-10-16(11-15)19-4/h7,9-11,14,17-18H,5-6,8,12-13H2,1-4H3. The summed E-state index contributed by atoms with van der Waals surface area (Å²) in [6.07, 6.45) is 2.45. The predicted octanol–water partition coefficient (Wildman–Crippen LogP) is 3.80. The summed E-state index contributed by atoms with van der Waals surface area (Å²) in [5.74, 6) is 1.53. The van der Waals surface area contributed by atoms with Gasteiger partial charge in [-0.15, -0.1) is 0 Å². The molecule has 0 bridgehead atoms. The number of likely N-dealkylation sites (N-methyl/N-ethyl adjacent to an activating group) is 1. The van der Waals surface area contributed by atoms with E-state index in [1.165, 1.54) is 18.4 Å². The third kappa shape index (κ3) is 5.93. The Morgan fingerprint density at radius 2 is 2.00 bits per heavy atom. The van der Waals surface area contributed by atoms with Crippen LogP contribution >= 0.6 is 0 Å². The van der Waals surface area contributed by atoms with Crippen molar-refractivity contribution in [3.05, 3.63) is 29.8 Å². The molecular formula is C17H29NO2. The van der Waals surface area contributed by atoms with Crippen molar-refractivity contribution in [2.45, 2.75) is 39.7 Å². The van der Waals surface area contributed by atoms with Gasteiger partial charge in [-0.25, -0.2) is 0 Å². The van der Waals surface area contributed by atoms with Gasteiger partial charge in [-0.3, -0.25) is 0 Å². The van der Waals surface area contributed by atoms with Crippen LogP contribution in [0.5, 0.6) is 5.75 Å². The normalized spacial score (nSPS) is 14.0. The quantitative estimate of drug-likeness (QED) is 0.706. The molecule has 0 radical (unpaired) electrons. The average molecular weight is 279 g/mol. The first-order chi connectivity index (χ1) is 9.71. The molecule has 0 heterocycles. The summed E-state index contributed by atoms with van der Waals surface area (Å²) in [6, 6.07) is 8.42. The molecule has 0 saturated heterocycles. The number of methoxy groups -OCH3 is 1. The van der Waals surface area contributed by atoms with Gasteiger partial charge in [-0.05, 0) is 36.6 Å². The van der Waals surface area contributed by atoms with Gasteiger partial charge in [-0.1, -0.05) is 39.3 Å². The summed E-state index contributed by atoms with van der Waals surface area (Å²) in [7, 11) is 1.70. The molecule has 1 aromatic rings. The van der Waals surface area contributed by atoms with Crippen molar-refractivity contribution >= 4 is 0 Å². The monoisotopic (exact) mass is 279 g/mol. The van der Waals surface area contributed by atoms with E-state index >= 15 is 0 Å². The van der Waals surface area contributed by atoms with Crippen LogP contribution < -0.4 is 10.1 Å². The molecular weight excluding hydrogens is 250 g/mol. The van der Waals surface area contributed by atoms with E-state index in [1.807, 2.05) is 12.1 Å². The predicted molar refractivity (Wildman–Crippen MR) is 84.3 cm³/mol. The van der Waals surface area contributed by atoms with E-state index < -0.39 is 0 Å². The van der Waals surface area contributed by atoms with Crippen LogP contribution in [0.3, 0.4) is 0 Å². The van der Waals surface area contributed by atoms with Crippen LogP contribution in [0.2, 0.25) is 0 Å². The Kier molecular flexibility index (Phi) is 8.31. The van der Waals surface area contributed by atoms with Gasteiger partial charge in [0.1, 0.15) is 5.75 Å². The lowest BCUT2D eigenvalue weighted by molar-refractivity contribution is 0.0835. The fourth-order valence-corrected chi connectivity index (χ4v) is 2.34. The van der Waals surface area contributed by atoms with Crippen LogP contribution in [-0.4, -0.2) is 26.9 Å². The van der Waals surface area contributed by atoms with Crippen LogP contribution in [0.15, 0.2) is 24.3 Å². The Labute approximate surface area is 123 Å². The second-order valence-corrected chi connectivity index (χ2v) is 5.32. The fourth-order valence-electron chi connectivity index (χ4n) is 2.34. The first-order valence-corrected chi connectivity index (χ1v) is 7.66. The number of hydrogen-bond acceptors (Lipinski definition) is 3. The lowest BCUT2D eigenvalue weighted by atomic mass is 10.1. The van der Waals surface area contributed by atoms with Crippen LogP contribution in [0.25, 0.3) is 0 Å². The minimum atomic E-state index is 0.226. The first-order valence-electron chi connectivity index (χ1n) is 7.66. The molecule has 0 amide bonds. The molecule has 0 aliphatic rings. The molecule has 3 heteroatoms. The van der Waals surface area contributed by atoms with E-state index in [-0.39, 0.29) is 6.04 Å². The Balaban J connectivity index is 2.54. The highest BCUT2D eigenvalue weighted by molar-refractivity contribution is 5.30. The maximum atomic E-state index is 5.89. The Bertz CT molecular complexity index is 368. The molecule has 20 heavy (non-hydrogen) atoms. The second-order valence-electron chi connectivity index (χ2n) is 5.32. The third-order valence-electron chi connectivity index (χ3n) is 3.42. The largest absolute Gasteiger partial charge is 0.497 e. The minimum Gasteiger partial charge on any atom is -0.497 e. The first kappa shape index (κ1) is 17.0. The van der Waals surface area contributed by atoms with Crippen molar-refractivity contribution in [2.24, 2.45) is 5.92 Å². The lowest BCUT2D eigenvalue weighted by Gasteiger charge is -2.20. The molecule has 1 aromatic carbocycles. The third-order valence-corrected chi connectivity index (χ3v) is 3.42. The fraction of sp³-hybridized carbons (Fsp3) is 0.647. The molecule has 3 nitrogen and oxygen atoms in total. The van der Waals surface area contributed by atoms with Crippen molar-refractivity contribution in [1.29, 1.82) is 0 Å². The summed E-state index contributed by atoms with van der Waals surface area (Å²) in [6.45, 7) is 9.04. The van der Waals surface area contributed by atoms with Gasteiger partial charge in [-0.2, -0.15) is 0 Å². The smallest absolute Gasteiger partial charge is 0.119 e. The number of hydrogen-bond donors (Lipinski definition) is 1. The molecule has 114 valence electrons. The SMILES string of the molecule is CCCC(C)COCC(NCC)c1cccc(OC)c1. The number of benzene rings is 1. The molecule has 0 saturated carbocycles. The molecule has 1 rings (SSSR count). The van der Waals surface area contributed by atoms with Gasteiger partial charge < -0.3 is 14.8 Å². The molecule has 0 aromatic heterocycles. The minimum absolute atomic E-state index is 0.226. The summed E-state index contributed by atoms with van der Waals surface area (Å²) in [4.78, 5) is 0. The highest BCUT2D eigenvalue weighted by Crippen LogP contribution is 2.20. The molecule has 0 aliphatic carbocycles. The number of nitrogens with one attached hydrogen (secondary N) is 1. The van der Waals surface area contributed by atoms with E-state index in [2.05, 4.69) is 38.2 Å². The Morgan fingerprint density at radius 3 is 2.65 bits per heavy atom. The van der Waals surface area contributed by atoms with Gasteiger partial charge in [0.25, 0.3) is 0 Å². The van der Waals surface area contributed by atoms with E-state index in [0.29, 0.717) is 12.5 Å². The Hall–Kier alpha value is -1.06. The van der Waals surface area contributed by atoms with Crippen LogP contribution in [0.1, 0.15) is 45.2 Å². The molecule has 2 atom stereocenters. The summed E-state index contributed by atoms with van der Waals surface area (Å²) >= 11 is 0. The zero-order valence-corrected chi connectivity index (χ0v) is 13.3. The van der Waals surface area contributed by atoms with Crippen LogP contribution in [-0.2, 0) is 4.74 Å². The highest BCUT2D eigenvalue weighted by atomic mass is 16.5. The van der Waals surface area contributed by atoms with Crippen molar-refractivity contribution in [1.82, 2.24) is 5.32 Å². The van der Waals surface area contributed by atoms with Crippen molar-refractivity contribution in [3.8, 4) is 5.75 Å². The zero-order chi connectivity index (χ0) is 14.8. The van der Waals surface area contributed by atoms with Gasteiger partial charge in [0, 0.05) is 6.61 Å². The maximum Gasteiger partial charge on any atom is 0.119 e. The second kappa shape index (κ2) is 9.78. The number of rotatable bonds is 10. The van der Waals surface area contributed by atoms with E-state index in [0.717, 1.165) is 18.9 Å². The van der Waals surface area contributed by atoms with Gasteiger partial charge in [0.15, 0.2) is 0 Å². The number of ether oxygens (including phenoxy) is 2. The van der Waals surface area contributed by atoms with Crippen molar-refractivity contribution < 1.29 is 9.47 Å². The molecule has 0 aliphatic heterocycles. The van der Waals surface area contributed by atoms with Crippen LogP contribution in [0, 0.1) is 5.92 Å². The molecule has 1 N–H and O–H groups in total. The van der Waals surface area contributed by atoms with Crippen molar-refractivity contribution in [2.75, 3.05) is 26.9 Å². The van der Waals surface area contributed by atoms with Gasteiger partial charge in [0.2, 0.25) is 0 Å². The average Bonchev–Trinajstić information content (AvgIpc) is 2.46. The van der Waals surface area contributed by atoms with E-state index in [1.54, 1.807) is 7.11 Å². The molecule has 0 fully saturated rings. The zero-order valence-electron chi connectivity index (χ0n) is 13.3. The molecule has 0 spiro atoms. The van der Waals surface area contributed by atoms with Crippen LogP contribution in [0.4, 0.5) is 0 Å². The topological polar surface area (TPSA) is 30.5 Å². The van der Waals surface area contributed by atoms with Crippen molar-refractivity contribution in [3.63, 3.8) is 0 Å². The summed E-state index contributed by atoms with van der Waals surface area (Å²) in [5.41, 5.74) is 1.22.